The topological polar surface area (TPSA) is 29.5 Å². The van der Waals surface area contributed by atoms with Crippen molar-refractivity contribution < 1.29 is 9.53 Å². The number of ether oxygens (including phenoxy) is 1. The van der Waals surface area contributed by atoms with Crippen LogP contribution in [0.3, 0.4) is 0 Å². The highest BCUT2D eigenvalue weighted by Gasteiger charge is 2.40. The van der Waals surface area contributed by atoms with E-state index in [0.29, 0.717) is 13.2 Å². The summed E-state index contributed by atoms with van der Waals surface area (Å²) < 4.78 is 5.98. The normalized spacial score (nSPS) is 18.1. The number of allylic oxidation sites excluding steroid dienone is 4. The molecule has 3 nitrogen and oxygen atoms in total. The first-order valence-corrected chi connectivity index (χ1v) is 9.58. The lowest BCUT2D eigenvalue weighted by Crippen LogP contribution is -2.45. The van der Waals surface area contributed by atoms with Crippen LogP contribution < -0.4 is 0 Å². The minimum Gasteiger partial charge on any atom is -0.356 e. The molecule has 1 amide bonds. The predicted molar refractivity (Wildman–Crippen MR) is 108 cm³/mol. The summed E-state index contributed by atoms with van der Waals surface area (Å²) >= 11 is 0. The van der Waals surface area contributed by atoms with E-state index < -0.39 is 0 Å². The van der Waals surface area contributed by atoms with Crippen molar-refractivity contribution in [2.45, 2.75) is 60.1 Å². The van der Waals surface area contributed by atoms with E-state index in [1.807, 2.05) is 35.2 Å². The molecule has 0 radical (unpaired) electrons. The van der Waals surface area contributed by atoms with Crippen LogP contribution in [-0.2, 0) is 4.74 Å². The fraction of sp³-hybridized carbons (Fsp3) is 0.522. The van der Waals surface area contributed by atoms with Gasteiger partial charge in [0.1, 0.15) is 6.23 Å². The lowest BCUT2D eigenvalue weighted by atomic mass is 9.85. The number of benzene rings is 1. The van der Waals surface area contributed by atoms with Gasteiger partial charge in [0, 0.05) is 17.5 Å². The standard InChI is InChI=1S/C23H33NO2/c1-18(2)10-9-11-19(3)14-15-23(4,5)22-24(16-17-26-22)21(25)20-12-7-6-8-13-20/h6-8,10,12-14,22H,9,11,15-17H2,1-5H3/b19-14+/t22-/m0/s1. The van der Waals surface area contributed by atoms with Gasteiger partial charge < -0.3 is 9.64 Å². The van der Waals surface area contributed by atoms with Gasteiger partial charge >= 0.3 is 0 Å². The average Bonchev–Trinajstić information content (AvgIpc) is 3.10. The zero-order valence-corrected chi connectivity index (χ0v) is 16.9. The van der Waals surface area contributed by atoms with Crippen LogP contribution in [0.5, 0.6) is 0 Å². The van der Waals surface area contributed by atoms with Gasteiger partial charge in [0.15, 0.2) is 0 Å². The molecule has 1 heterocycles. The van der Waals surface area contributed by atoms with E-state index in [1.165, 1.54) is 11.1 Å². The zero-order chi connectivity index (χ0) is 19.2. The fourth-order valence-corrected chi connectivity index (χ4v) is 3.30. The molecule has 2 rings (SSSR count). The van der Waals surface area contributed by atoms with Gasteiger partial charge in [0.05, 0.1) is 6.61 Å². The Bertz CT molecular complexity index is 654. The summed E-state index contributed by atoms with van der Waals surface area (Å²) in [6, 6.07) is 9.49. The number of amides is 1. The van der Waals surface area contributed by atoms with E-state index >= 15 is 0 Å². The summed E-state index contributed by atoms with van der Waals surface area (Å²) in [5.74, 6) is 0.0606. The maximum atomic E-state index is 12.9. The molecule has 1 atom stereocenters. The van der Waals surface area contributed by atoms with Crippen molar-refractivity contribution in [2.24, 2.45) is 5.41 Å². The second kappa shape index (κ2) is 9.18. The molecule has 0 unspecified atom stereocenters. The van der Waals surface area contributed by atoms with Gasteiger partial charge in [-0.2, -0.15) is 0 Å². The Balaban J connectivity index is 2.02. The lowest BCUT2D eigenvalue weighted by Gasteiger charge is -2.36. The maximum Gasteiger partial charge on any atom is 0.255 e. The molecular weight excluding hydrogens is 322 g/mol. The van der Waals surface area contributed by atoms with E-state index in [9.17, 15) is 4.79 Å². The number of rotatable bonds is 7. The van der Waals surface area contributed by atoms with Crippen LogP contribution in [0, 0.1) is 5.41 Å². The number of carbonyl (C=O) groups excluding carboxylic acids is 1. The van der Waals surface area contributed by atoms with E-state index in [-0.39, 0.29) is 17.6 Å². The van der Waals surface area contributed by atoms with E-state index in [4.69, 9.17) is 4.74 Å². The first-order chi connectivity index (χ1) is 12.3. The van der Waals surface area contributed by atoms with Gasteiger partial charge in [-0.25, -0.2) is 0 Å². The van der Waals surface area contributed by atoms with E-state index in [0.717, 1.165) is 24.8 Å². The summed E-state index contributed by atoms with van der Waals surface area (Å²) in [4.78, 5) is 14.8. The van der Waals surface area contributed by atoms with Crippen LogP contribution >= 0.6 is 0 Å². The SMILES string of the molecule is CC(C)=CCC/C(C)=C/CC(C)(C)[C@@H]1OCCN1C(=O)c1ccccc1. The fourth-order valence-electron chi connectivity index (χ4n) is 3.30. The van der Waals surface area contributed by atoms with Crippen molar-refractivity contribution >= 4 is 5.91 Å². The maximum absolute atomic E-state index is 12.9. The highest BCUT2D eigenvalue weighted by Crippen LogP contribution is 2.34. The molecule has 1 aliphatic rings. The van der Waals surface area contributed by atoms with Crippen LogP contribution in [0.1, 0.15) is 64.2 Å². The Kier molecular flexibility index (Phi) is 7.22. The molecule has 0 spiro atoms. The molecule has 1 aromatic rings. The lowest BCUT2D eigenvalue weighted by molar-refractivity contribution is -0.0425. The number of hydrogen-bond acceptors (Lipinski definition) is 2. The Labute approximate surface area is 158 Å². The third-order valence-electron chi connectivity index (χ3n) is 4.91. The molecule has 3 heteroatoms. The number of carbonyl (C=O) groups is 1. The third-order valence-corrected chi connectivity index (χ3v) is 4.91. The van der Waals surface area contributed by atoms with Gasteiger partial charge in [0.25, 0.3) is 5.91 Å². The molecule has 26 heavy (non-hydrogen) atoms. The van der Waals surface area contributed by atoms with Crippen molar-refractivity contribution in [3.05, 3.63) is 59.2 Å². The monoisotopic (exact) mass is 355 g/mol. The summed E-state index contributed by atoms with van der Waals surface area (Å²) in [7, 11) is 0. The molecule has 1 fully saturated rings. The molecule has 1 saturated heterocycles. The van der Waals surface area contributed by atoms with Gasteiger partial charge in [-0.3, -0.25) is 4.79 Å². The molecular formula is C23H33NO2. The number of hydrogen-bond donors (Lipinski definition) is 0. The van der Waals surface area contributed by atoms with Crippen LogP contribution in [-0.4, -0.2) is 30.2 Å². The smallest absolute Gasteiger partial charge is 0.255 e. The highest BCUT2D eigenvalue weighted by molar-refractivity contribution is 5.94. The van der Waals surface area contributed by atoms with Crippen LogP contribution in [0.25, 0.3) is 0 Å². The summed E-state index contributed by atoms with van der Waals surface area (Å²) in [5, 5.41) is 0. The largest absolute Gasteiger partial charge is 0.356 e. The second-order valence-corrected chi connectivity index (χ2v) is 8.15. The van der Waals surface area contributed by atoms with Crippen molar-refractivity contribution in [2.75, 3.05) is 13.2 Å². The van der Waals surface area contributed by atoms with Gasteiger partial charge in [-0.05, 0) is 52.2 Å². The van der Waals surface area contributed by atoms with Gasteiger partial charge in [-0.1, -0.05) is 55.3 Å². The summed E-state index contributed by atoms with van der Waals surface area (Å²) in [6.45, 7) is 12.1. The number of nitrogens with zero attached hydrogens (tertiary/aromatic N) is 1. The average molecular weight is 356 g/mol. The minimum atomic E-state index is -0.183. The van der Waals surface area contributed by atoms with Crippen molar-refractivity contribution in [1.29, 1.82) is 0 Å². The van der Waals surface area contributed by atoms with Crippen LogP contribution in [0.2, 0.25) is 0 Å². The zero-order valence-electron chi connectivity index (χ0n) is 16.9. The molecule has 0 N–H and O–H groups in total. The van der Waals surface area contributed by atoms with Crippen LogP contribution in [0.15, 0.2) is 53.6 Å². The Hall–Kier alpha value is -1.87. The van der Waals surface area contributed by atoms with Crippen molar-refractivity contribution in [3.63, 3.8) is 0 Å². The molecule has 1 aliphatic heterocycles. The highest BCUT2D eigenvalue weighted by atomic mass is 16.5. The van der Waals surface area contributed by atoms with Crippen LogP contribution in [0.4, 0.5) is 0 Å². The van der Waals surface area contributed by atoms with E-state index in [2.05, 4.69) is 46.8 Å². The summed E-state index contributed by atoms with van der Waals surface area (Å²) in [6.07, 6.45) is 7.48. The summed E-state index contributed by atoms with van der Waals surface area (Å²) in [5.41, 5.74) is 3.37. The molecule has 1 aromatic carbocycles. The molecule has 0 aromatic heterocycles. The van der Waals surface area contributed by atoms with E-state index in [1.54, 1.807) is 0 Å². The first-order valence-electron chi connectivity index (χ1n) is 9.58. The van der Waals surface area contributed by atoms with Gasteiger partial charge in [-0.15, -0.1) is 0 Å². The Morgan fingerprint density at radius 2 is 1.88 bits per heavy atom. The Morgan fingerprint density at radius 3 is 2.54 bits per heavy atom. The minimum absolute atomic E-state index is 0.0606. The van der Waals surface area contributed by atoms with Gasteiger partial charge in [0.2, 0.25) is 0 Å². The Morgan fingerprint density at radius 1 is 1.19 bits per heavy atom. The molecule has 0 bridgehead atoms. The second-order valence-electron chi connectivity index (χ2n) is 8.15. The first kappa shape index (κ1) is 20.4. The predicted octanol–water partition coefficient (Wildman–Crippen LogP) is 5.59. The van der Waals surface area contributed by atoms with Crippen molar-refractivity contribution in [3.8, 4) is 0 Å². The third kappa shape index (κ3) is 5.57. The molecule has 0 aliphatic carbocycles. The molecule has 0 saturated carbocycles. The quantitative estimate of drug-likeness (QED) is 0.596. The molecule has 142 valence electrons. The van der Waals surface area contributed by atoms with Crippen molar-refractivity contribution in [1.82, 2.24) is 4.90 Å².